The summed E-state index contributed by atoms with van der Waals surface area (Å²) in [7, 11) is 1.86. The molecule has 0 radical (unpaired) electrons. The fourth-order valence-electron chi connectivity index (χ4n) is 1.84. The van der Waals surface area contributed by atoms with Crippen molar-refractivity contribution < 1.29 is 19.2 Å². The van der Waals surface area contributed by atoms with Crippen LogP contribution in [-0.2, 0) is 19.2 Å². The molecule has 0 nitrogen and oxygen atoms in total. The maximum absolute atomic E-state index is 3.30. The topological polar surface area (TPSA) is 0 Å². The Morgan fingerprint density at radius 3 is 1.08 bits per heavy atom. The molecule has 0 aromatic carbocycles. The number of rotatable bonds is 0. The van der Waals surface area contributed by atoms with E-state index in [9.17, 15) is 0 Å². The van der Waals surface area contributed by atoms with Crippen molar-refractivity contribution in [3.63, 3.8) is 0 Å². The zero-order valence-corrected chi connectivity index (χ0v) is 21.4. The number of hydrogen-bond acceptors (Lipinski definition) is 0. The second-order valence-electron chi connectivity index (χ2n) is 6.89. The molecule has 2 rings (SSSR count). The van der Waals surface area contributed by atoms with Gasteiger partial charge in [0.05, 0.1) is 0 Å². The van der Waals surface area contributed by atoms with Crippen molar-refractivity contribution in [2.45, 2.75) is 54.4 Å². The van der Waals surface area contributed by atoms with E-state index in [1.807, 2.05) is 26.8 Å². The summed E-state index contributed by atoms with van der Waals surface area (Å²) >= 11 is 2.03. The maximum atomic E-state index is 3.30. The summed E-state index contributed by atoms with van der Waals surface area (Å²) in [4.78, 5) is 0. The molecular formula is C20H36Cl2SiTi-4. The van der Waals surface area contributed by atoms with Gasteiger partial charge < -0.3 is 14.9 Å². The van der Waals surface area contributed by atoms with Gasteiger partial charge in [-0.1, -0.05) is 41.5 Å². The predicted molar refractivity (Wildman–Crippen MR) is 116 cm³/mol. The van der Waals surface area contributed by atoms with Gasteiger partial charge in [-0.2, -0.15) is 12.2 Å². The molecule has 0 aromatic rings. The first kappa shape index (κ1) is 35.6. The molecule has 0 bridgehead atoms. The van der Waals surface area contributed by atoms with Gasteiger partial charge in [-0.05, 0) is 10.8 Å². The SMILES string of the molecule is CC(C)(C)C1=[C-]CC=C1.CC(C)(C)C1=[C-]CC=C1.Cl.Cl.[CH3-].[CH3-].[SiH2]=[Ti]. The van der Waals surface area contributed by atoms with Crippen molar-refractivity contribution in [2.24, 2.45) is 10.8 Å². The Labute approximate surface area is 178 Å². The van der Waals surface area contributed by atoms with Crippen molar-refractivity contribution >= 4 is 32.4 Å². The number of allylic oxidation sites excluding steroid dienone is 8. The Morgan fingerprint density at radius 1 is 0.750 bits per heavy atom. The molecular weight excluding hydrogens is 387 g/mol. The third kappa shape index (κ3) is 14.8. The van der Waals surface area contributed by atoms with E-state index in [-0.39, 0.29) is 39.7 Å². The molecule has 0 N–H and O–H groups in total. The standard InChI is InChI=1S/2C9H13.2CH3.2ClH.H2Si.Ti/c2*1-9(2,3)8-6-4-5-7-8;;;;;;/h2*4,6H,5H2,1-3H3;2*1H3;2*1H;1H2;/q4*-1;;;;. The molecule has 0 aliphatic heterocycles. The Balaban J connectivity index is -0.0000000789. The minimum atomic E-state index is 0. The van der Waals surface area contributed by atoms with Crippen molar-refractivity contribution in [1.82, 2.24) is 0 Å². The van der Waals surface area contributed by atoms with Crippen LogP contribution in [0.2, 0.25) is 0 Å². The number of hydrogen-bond donors (Lipinski definition) is 0. The van der Waals surface area contributed by atoms with E-state index in [1.54, 1.807) is 0 Å². The molecule has 0 saturated carbocycles. The average molecular weight is 423 g/mol. The monoisotopic (exact) mass is 422 g/mol. The van der Waals surface area contributed by atoms with Crippen LogP contribution in [0.15, 0.2) is 35.5 Å². The molecule has 0 amide bonds. The van der Waals surface area contributed by atoms with E-state index in [2.05, 4.69) is 78.0 Å². The van der Waals surface area contributed by atoms with Crippen molar-refractivity contribution in [3.05, 3.63) is 62.5 Å². The van der Waals surface area contributed by atoms with E-state index in [1.165, 1.54) is 11.1 Å². The molecule has 2 aliphatic rings. The van der Waals surface area contributed by atoms with Crippen LogP contribution < -0.4 is 0 Å². The summed E-state index contributed by atoms with van der Waals surface area (Å²) in [5.74, 6) is 0. The van der Waals surface area contributed by atoms with Crippen molar-refractivity contribution in [2.75, 3.05) is 0 Å². The van der Waals surface area contributed by atoms with Gasteiger partial charge in [-0.15, -0.1) is 37.7 Å². The third-order valence-electron chi connectivity index (χ3n) is 3.01. The Hall–Kier alpha value is 0.471. The van der Waals surface area contributed by atoms with Crippen LogP contribution in [0.1, 0.15) is 54.4 Å². The van der Waals surface area contributed by atoms with Gasteiger partial charge in [0, 0.05) is 0 Å². The van der Waals surface area contributed by atoms with Crippen LogP contribution >= 0.6 is 24.8 Å². The molecule has 0 saturated heterocycles. The molecule has 24 heavy (non-hydrogen) atoms. The molecule has 0 heterocycles. The van der Waals surface area contributed by atoms with E-state index in [4.69, 9.17) is 0 Å². The van der Waals surface area contributed by atoms with E-state index in [0.717, 1.165) is 12.8 Å². The van der Waals surface area contributed by atoms with Gasteiger partial charge in [0.15, 0.2) is 0 Å². The normalized spacial score (nSPS) is 13.9. The van der Waals surface area contributed by atoms with Crippen LogP contribution in [0.5, 0.6) is 0 Å². The summed E-state index contributed by atoms with van der Waals surface area (Å²) < 4.78 is 0. The summed E-state index contributed by atoms with van der Waals surface area (Å²) in [6.45, 7) is 13.3. The van der Waals surface area contributed by atoms with E-state index >= 15 is 0 Å². The molecule has 0 unspecified atom stereocenters. The van der Waals surface area contributed by atoms with Crippen LogP contribution in [-0.4, -0.2) is 7.63 Å². The molecule has 0 spiro atoms. The Kier molecular flexibility index (Phi) is 25.1. The summed E-state index contributed by atoms with van der Waals surface area (Å²) in [5.41, 5.74) is 3.30. The zero-order chi connectivity index (χ0) is 15.8. The van der Waals surface area contributed by atoms with Crippen LogP contribution in [0, 0.1) is 37.8 Å². The van der Waals surface area contributed by atoms with Gasteiger partial charge in [0.1, 0.15) is 0 Å². The summed E-state index contributed by atoms with van der Waals surface area (Å²) in [6.07, 6.45) is 17.3. The minimum absolute atomic E-state index is 0. The van der Waals surface area contributed by atoms with Crippen molar-refractivity contribution in [1.29, 1.82) is 0 Å². The molecule has 0 atom stereocenters. The van der Waals surface area contributed by atoms with Gasteiger partial charge in [0.25, 0.3) is 0 Å². The van der Waals surface area contributed by atoms with Crippen LogP contribution in [0.25, 0.3) is 0 Å². The molecule has 0 aromatic heterocycles. The molecule has 142 valence electrons. The van der Waals surface area contributed by atoms with Crippen LogP contribution in [0.4, 0.5) is 0 Å². The fourth-order valence-corrected chi connectivity index (χ4v) is 1.84. The quantitative estimate of drug-likeness (QED) is 0.318. The average Bonchev–Trinajstić information content (AvgIpc) is 3.04. The van der Waals surface area contributed by atoms with Crippen LogP contribution in [0.3, 0.4) is 0 Å². The summed E-state index contributed by atoms with van der Waals surface area (Å²) in [6, 6.07) is 0. The molecule has 4 heteroatoms. The molecule has 2 aliphatic carbocycles. The molecule has 0 fully saturated rings. The van der Waals surface area contributed by atoms with E-state index < -0.39 is 0 Å². The number of halogens is 2. The van der Waals surface area contributed by atoms with Gasteiger partial charge >= 0.3 is 26.8 Å². The Morgan fingerprint density at radius 2 is 1.00 bits per heavy atom. The van der Waals surface area contributed by atoms with Gasteiger partial charge in [-0.25, -0.2) is 23.3 Å². The Bertz CT molecular complexity index is 382. The first-order valence-electron chi connectivity index (χ1n) is 7.12. The first-order valence-corrected chi connectivity index (χ1v) is 11.1. The second kappa shape index (κ2) is 16.9. The summed E-state index contributed by atoms with van der Waals surface area (Å²) in [5, 5.41) is 0. The van der Waals surface area contributed by atoms with Gasteiger partial charge in [0.2, 0.25) is 0 Å². The first-order chi connectivity index (χ1) is 9.21. The third-order valence-corrected chi connectivity index (χ3v) is 3.01. The zero-order valence-electron chi connectivity index (χ0n) is 16.7. The predicted octanol–water partition coefficient (Wildman–Crippen LogP) is 6.27. The van der Waals surface area contributed by atoms with E-state index in [0.29, 0.717) is 10.8 Å². The second-order valence-corrected chi connectivity index (χ2v) is 6.89. The fraction of sp³-hybridized carbons (Fsp3) is 0.500. The van der Waals surface area contributed by atoms with Crippen molar-refractivity contribution in [3.8, 4) is 0 Å². The van der Waals surface area contributed by atoms with Gasteiger partial charge in [-0.3, -0.25) is 12.2 Å².